The lowest BCUT2D eigenvalue weighted by molar-refractivity contribution is -0.108. The Morgan fingerprint density at radius 1 is 1.07 bits per heavy atom. The Balaban J connectivity index is 1.44. The summed E-state index contributed by atoms with van der Waals surface area (Å²) in [5.41, 5.74) is 4.58. The Hall–Kier alpha value is -4.12. The summed E-state index contributed by atoms with van der Waals surface area (Å²) < 4.78 is 6.01. The molecule has 0 bridgehead atoms. The van der Waals surface area contributed by atoms with E-state index >= 15 is 0 Å². The number of anilines is 3. The van der Waals surface area contributed by atoms with Crippen molar-refractivity contribution in [1.29, 1.82) is 0 Å². The molecule has 0 spiro atoms. The molecule has 2 atom stereocenters. The number of morpholine rings is 1. The third-order valence-corrected chi connectivity index (χ3v) is 7.37. The highest BCUT2D eigenvalue weighted by molar-refractivity contribution is 6.06. The fraction of sp³-hybridized carbons (Fsp3) is 0.355. The van der Waals surface area contributed by atoms with Crippen molar-refractivity contribution in [2.24, 2.45) is 4.99 Å². The molecule has 2 aromatic carbocycles. The van der Waals surface area contributed by atoms with Gasteiger partial charge in [0.25, 0.3) is 5.91 Å². The number of rotatable bonds is 10. The number of carbonyl (C=O) groups excluding carboxylic acids is 2. The van der Waals surface area contributed by atoms with Crippen molar-refractivity contribution in [2.75, 3.05) is 68.6 Å². The molecule has 3 heterocycles. The van der Waals surface area contributed by atoms with E-state index in [1.54, 1.807) is 35.8 Å². The molecule has 2 aliphatic heterocycles. The molecule has 0 radical (unpaired) electrons. The number of amides is 1. The Morgan fingerprint density at radius 2 is 1.90 bits per heavy atom. The number of pyridine rings is 1. The van der Waals surface area contributed by atoms with Crippen LogP contribution in [0.3, 0.4) is 0 Å². The van der Waals surface area contributed by atoms with Crippen molar-refractivity contribution in [3.8, 4) is 0 Å². The van der Waals surface area contributed by atoms with Gasteiger partial charge in [-0.05, 0) is 75.6 Å². The Bertz CT molecular complexity index is 1380. The van der Waals surface area contributed by atoms with Crippen LogP contribution in [0.2, 0.25) is 0 Å². The van der Waals surface area contributed by atoms with Crippen LogP contribution >= 0.6 is 0 Å². The van der Waals surface area contributed by atoms with E-state index in [1.165, 1.54) is 0 Å². The van der Waals surface area contributed by atoms with E-state index in [1.807, 2.05) is 41.3 Å². The minimum atomic E-state index is -0.565. The van der Waals surface area contributed by atoms with E-state index in [2.05, 4.69) is 52.3 Å². The number of benzene rings is 2. The number of nitrogens with one attached hydrogen (secondary N) is 1. The zero-order valence-corrected chi connectivity index (χ0v) is 23.8. The molecule has 2 aliphatic rings. The van der Waals surface area contributed by atoms with Gasteiger partial charge in [-0.25, -0.2) is 4.99 Å². The van der Waals surface area contributed by atoms with Crippen LogP contribution in [0.4, 0.5) is 22.7 Å². The summed E-state index contributed by atoms with van der Waals surface area (Å²) >= 11 is 0. The molecule has 3 aromatic rings. The summed E-state index contributed by atoms with van der Waals surface area (Å²) in [7, 11) is 6.21. The van der Waals surface area contributed by atoms with Gasteiger partial charge in [0.15, 0.2) is 0 Å². The van der Waals surface area contributed by atoms with E-state index in [4.69, 9.17) is 4.74 Å². The van der Waals surface area contributed by atoms with Crippen LogP contribution < -0.4 is 20.0 Å². The molecule has 1 amide bonds. The first-order valence-electron chi connectivity index (χ1n) is 13.9. The molecule has 0 aliphatic carbocycles. The quantitative estimate of drug-likeness (QED) is 0.380. The average molecular weight is 556 g/mol. The summed E-state index contributed by atoms with van der Waals surface area (Å²) in [5.74, 6) is -0.190. The summed E-state index contributed by atoms with van der Waals surface area (Å²) in [6, 6.07) is 16.5. The van der Waals surface area contributed by atoms with Gasteiger partial charge < -0.3 is 29.5 Å². The predicted molar refractivity (Wildman–Crippen MR) is 162 cm³/mol. The molecule has 41 heavy (non-hydrogen) atoms. The number of aldehydes is 1. The largest absolute Gasteiger partial charge is 0.375 e. The number of aromatic nitrogens is 1. The highest BCUT2D eigenvalue weighted by Crippen LogP contribution is 2.38. The molecular weight excluding hydrogens is 518 g/mol. The maximum atomic E-state index is 13.7. The first kappa shape index (κ1) is 28.4. The van der Waals surface area contributed by atoms with Crippen molar-refractivity contribution in [3.05, 3.63) is 78.1 Å². The second kappa shape index (κ2) is 13.0. The second-order valence-electron chi connectivity index (χ2n) is 10.5. The maximum absolute atomic E-state index is 13.7. The minimum Gasteiger partial charge on any atom is -0.375 e. The van der Waals surface area contributed by atoms with Crippen molar-refractivity contribution < 1.29 is 14.3 Å². The second-order valence-corrected chi connectivity index (χ2v) is 10.5. The normalized spacial score (nSPS) is 18.2. The van der Waals surface area contributed by atoms with Crippen LogP contribution in [0.25, 0.3) is 0 Å². The number of ether oxygens (including phenoxy) is 1. The first-order valence-corrected chi connectivity index (χ1v) is 13.9. The smallest absolute Gasteiger partial charge is 0.260 e. The zero-order valence-electron chi connectivity index (χ0n) is 23.8. The lowest BCUT2D eigenvalue weighted by atomic mass is 10.0. The minimum absolute atomic E-state index is 0.190. The lowest BCUT2D eigenvalue weighted by Crippen LogP contribution is -2.52. The molecule has 10 nitrogen and oxygen atoms in total. The number of carbonyl (C=O) groups is 2. The third-order valence-electron chi connectivity index (χ3n) is 7.37. The van der Waals surface area contributed by atoms with Gasteiger partial charge in [-0.2, -0.15) is 0 Å². The lowest BCUT2D eigenvalue weighted by Gasteiger charge is -2.36. The van der Waals surface area contributed by atoms with Gasteiger partial charge in [0.2, 0.25) is 0 Å². The first-order chi connectivity index (χ1) is 20.0. The van der Waals surface area contributed by atoms with Crippen molar-refractivity contribution >= 4 is 41.3 Å². The molecule has 1 fully saturated rings. The van der Waals surface area contributed by atoms with Gasteiger partial charge in [0.1, 0.15) is 18.6 Å². The maximum Gasteiger partial charge on any atom is 0.260 e. The zero-order chi connectivity index (χ0) is 28.8. The van der Waals surface area contributed by atoms with Gasteiger partial charge in [0.05, 0.1) is 18.6 Å². The van der Waals surface area contributed by atoms with Gasteiger partial charge in [0, 0.05) is 67.3 Å². The number of nitrogens with zero attached hydrogens (tertiary/aromatic N) is 6. The fourth-order valence-electron chi connectivity index (χ4n) is 5.17. The van der Waals surface area contributed by atoms with Gasteiger partial charge in [-0.3, -0.25) is 14.7 Å². The monoisotopic (exact) mass is 555 g/mol. The molecular formula is C31H37N7O3. The molecule has 1 saturated heterocycles. The molecule has 2 unspecified atom stereocenters. The standard InChI is InChI=1S/C31H37N7O3/c1-35(2)15-5-16-36(3)24-8-9-28-27(19-24)29(21-39)37(22-34-28)25-6-4-7-26(18-25)38(30-20-33-14-17-41-30)31(40)23-10-12-32-13-11-23/h4,6-13,18-19,21-22,29-30,33H,5,14-17,20H2,1-3H3. The molecule has 0 saturated carbocycles. The SMILES string of the molecule is CN(C)CCCN(C)c1ccc2c(c1)C(C=O)N(c1cccc(N(C(=O)c3ccncc3)C3CNCCO3)c1)C=N2. The van der Waals surface area contributed by atoms with Crippen LogP contribution in [-0.2, 0) is 9.53 Å². The number of hydrogen-bond acceptors (Lipinski definition) is 9. The average Bonchev–Trinajstić information content (AvgIpc) is 3.01. The van der Waals surface area contributed by atoms with Gasteiger partial charge in [-0.15, -0.1) is 0 Å². The summed E-state index contributed by atoms with van der Waals surface area (Å²) in [6.45, 7) is 3.63. The van der Waals surface area contributed by atoms with Crippen LogP contribution in [0, 0.1) is 0 Å². The van der Waals surface area contributed by atoms with E-state index in [-0.39, 0.29) is 5.91 Å². The van der Waals surface area contributed by atoms with Crippen molar-refractivity contribution in [2.45, 2.75) is 18.7 Å². The molecule has 1 N–H and O–H groups in total. The number of aliphatic imine (C=N–C) groups is 1. The Labute approximate surface area is 241 Å². The molecule has 1 aromatic heterocycles. The molecule has 10 heteroatoms. The highest BCUT2D eigenvalue weighted by atomic mass is 16.5. The molecule has 214 valence electrons. The van der Waals surface area contributed by atoms with Crippen LogP contribution in [-0.4, -0.2) is 88.6 Å². The Kier molecular flexibility index (Phi) is 9.03. The summed E-state index contributed by atoms with van der Waals surface area (Å²) in [5, 5.41) is 3.31. The topological polar surface area (TPSA) is 93.6 Å². The van der Waals surface area contributed by atoms with E-state index in [0.717, 1.165) is 55.0 Å². The summed E-state index contributed by atoms with van der Waals surface area (Å²) in [6.07, 6.45) is 6.39. The number of hydrogen-bond donors (Lipinski definition) is 1. The third kappa shape index (κ3) is 6.45. The van der Waals surface area contributed by atoms with E-state index in [0.29, 0.717) is 24.4 Å². The van der Waals surface area contributed by atoms with Crippen molar-refractivity contribution in [1.82, 2.24) is 15.2 Å². The van der Waals surface area contributed by atoms with Crippen LogP contribution in [0.5, 0.6) is 0 Å². The van der Waals surface area contributed by atoms with Crippen LogP contribution in [0.1, 0.15) is 28.4 Å². The van der Waals surface area contributed by atoms with Crippen molar-refractivity contribution in [3.63, 3.8) is 0 Å². The van der Waals surface area contributed by atoms with Gasteiger partial charge in [-0.1, -0.05) is 6.07 Å². The predicted octanol–water partition coefficient (Wildman–Crippen LogP) is 3.48. The summed E-state index contributed by atoms with van der Waals surface area (Å²) in [4.78, 5) is 42.9. The number of fused-ring (bicyclic) bond motifs is 1. The Morgan fingerprint density at radius 3 is 2.63 bits per heavy atom. The van der Waals surface area contributed by atoms with Gasteiger partial charge >= 0.3 is 0 Å². The molecule has 5 rings (SSSR count). The highest BCUT2D eigenvalue weighted by Gasteiger charge is 2.31. The fourth-order valence-corrected chi connectivity index (χ4v) is 5.17. The van der Waals surface area contributed by atoms with E-state index in [9.17, 15) is 9.59 Å². The van der Waals surface area contributed by atoms with Crippen LogP contribution in [0.15, 0.2) is 72.0 Å². The van der Waals surface area contributed by atoms with E-state index < -0.39 is 12.3 Å².